The molecule has 2 rings (SSSR count). The van der Waals surface area contributed by atoms with E-state index in [0.717, 1.165) is 24.3 Å². The van der Waals surface area contributed by atoms with Crippen LogP contribution in [0.2, 0.25) is 0 Å². The summed E-state index contributed by atoms with van der Waals surface area (Å²) in [6.07, 6.45) is -9.64. The zero-order chi connectivity index (χ0) is 17.9. The highest BCUT2D eigenvalue weighted by Gasteiger charge is 2.95. The number of halogens is 9. The number of hydrogen-bond acceptors (Lipinski definition) is 2. The Bertz CT molecular complexity index is 589. The maximum atomic E-state index is 14.0. The van der Waals surface area contributed by atoms with Crippen molar-refractivity contribution in [2.45, 2.75) is 35.8 Å². The summed E-state index contributed by atoms with van der Waals surface area (Å²) in [5.74, 6) is -25.1. The first kappa shape index (κ1) is 17.9. The van der Waals surface area contributed by atoms with Gasteiger partial charge in [0.05, 0.1) is 0 Å². The molecular weight excluding hydrogens is 347 g/mol. The van der Waals surface area contributed by atoms with E-state index < -0.39 is 41.4 Å². The van der Waals surface area contributed by atoms with E-state index in [1.54, 1.807) is 0 Å². The lowest BCUT2D eigenvalue weighted by atomic mass is 9.92. The van der Waals surface area contributed by atoms with Crippen LogP contribution in [0.3, 0.4) is 0 Å². The Kier molecular flexibility index (Phi) is 3.69. The molecule has 23 heavy (non-hydrogen) atoms. The van der Waals surface area contributed by atoms with Crippen molar-refractivity contribution in [3.63, 3.8) is 0 Å². The number of rotatable bonds is 3. The molecule has 1 aliphatic rings. The summed E-state index contributed by atoms with van der Waals surface area (Å²) in [6, 6.07) is 4.78. The smallest absolute Gasteiger partial charge is 0.382 e. The first-order valence-corrected chi connectivity index (χ1v) is 5.86. The van der Waals surface area contributed by atoms with E-state index in [9.17, 15) is 44.6 Å². The molecule has 0 amide bonds. The lowest BCUT2D eigenvalue weighted by molar-refractivity contribution is -0.390. The summed E-state index contributed by atoms with van der Waals surface area (Å²) in [4.78, 5) is 0. The van der Waals surface area contributed by atoms with Crippen LogP contribution < -0.4 is 0 Å². The van der Waals surface area contributed by atoms with Crippen molar-refractivity contribution in [2.75, 3.05) is 0 Å². The molecule has 0 aromatic heterocycles. The van der Waals surface area contributed by atoms with Gasteiger partial charge in [0.2, 0.25) is 0 Å². The van der Waals surface area contributed by atoms with E-state index in [4.69, 9.17) is 0 Å². The second-order valence-corrected chi connectivity index (χ2v) is 4.80. The predicted molar refractivity (Wildman–Crippen MR) is 56.1 cm³/mol. The van der Waals surface area contributed by atoms with Crippen molar-refractivity contribution in [2.24, 2.45) is 0 Å². The molecule has 11 heteroatoms. The maximum Gasteiger partial charge on any atom is 0.428 e. The van der Waals surface area contributed by atoms with Gasteiger partial charge in [0, 0.05) is 0 Å². The average molecular weight is 354 g/mol. The molecule has 2 nitrogen and oxygen atoms in total. The van der Waals surface area contributed by atoms with Crippen molar-refractivity contribution in [3.05, 3.63) is 35.9 Å². The molecule has 0 saturated carbocycles. The van der Waals surface area contributed by atoms with Crippen molar-refractivity contribution in [1.29, 1.82) is 0 Å². The van der Waals surface area contributed by atoms with E-state index in [1.807, 2.05) is 0 Å². The van der Waals surface area contributed by atoms with Gasteiger partial charge in [0.1, 0.15) is 6.10 Å². The Morgan fingerprint density at radius 1 is 0.870 bits per heavy atom. The Labute approximate surface area is 122 Å². The van der Waals surface area contributed by atoms with Gasteiger partial charge in [0.25, 0.3) is 0 Å². The Morgan fingerprint density at radius 2 is 1.35 bits per heavy atom. The summed E-state index contributed by atoms with van der Waals surface area (Å²) in [5, 5.41) is 9.35. The summed E-state index contributed by atoms with van der Waals surface area (Å²) in [6.45, 7) is 0. The second-order valence-electron chi connectivity index (χ2n) is 4.80. The largest absolute Gasteiger partial charge is 0.428 e. The van der Waals surface area contributed by atoms with Crippen LogP contribution in [0.15, 0.2) is 30.3 Å². The molecule has 0 spiro atoms. The SMILES string of the molecule is O[C@@H](c1ccccc1)C(F)(F)[C@@]1(F)OC(F)(F)C(F)(F)C1(F)F. The minimum absolute atomic E-state index is 0.727. The zero-order valence-corrected chi connectivity index (χ0v) is 10.7. The monoisotopic (exact) mass is 354 g/mol. The third-order valence-corrected chi connectivity index (χ3v) is 3.32. The standard InChI is InChI=1S/C12H7F9O2/c13-8(14,7(22)6-4-2-1-3-5-6)11(19)9(15,16)10(17,18)12(20,21)23-11/h1-5,7,22H/t7-,11+/m0/s1. The van der Waals surface area contributed by atoms with Crippen molar-refractivity contribution < 1.29 is 49.4 Å². The first-order valence-electron chi connectivity index (χ1n) is 5.86. The van der Waals surface area contributed by atoms with Crippen LogP contribution in [0.5, 0.6) is 0 Å². The molecule has 130 valence electrons. The van der Waals surface area contributed by atoms with Crippen LogP contribution in [0.1, 0.15) is 11.7 Å². The number of aliphatic hydroxyl groups is 1. The van der Waals surface area contributed by atoms with Gasteiger partial charge in [-0.2, -0.15) is 39.5 Å². The highest BCUT2D eigenvalue weighted by atomic mass is 19.4. The summed E-state index contributed by atoms with van der Waals surface area (Å²) in [7, 11) is 0. The minimum Gasteiger partial charge on any atom is -0.382 e. The first-order chi connectivity index (χ1) is 10.2. The van der Waals surface area contributed by atoms with E-state index in [1.165, 1.54) is 6.07 Å². The van der Waals surface area contributed by atoms with Crippen LogP contribution in [-0.2, 0) is 4.74 Å². The van der Waals surface area contributed by atoms with Gasteiger partial charge < -0.3 is 5.11 Å². The Hall–Kier alpha value is -1.49. The van der Waals surface area contributed by atoms with E-state index >= 15 is 0 Å². The molecule has 1 aromatic rings. The quantitative estimate of drug-likeness (QED) is 0.834. The fraction of sp³-hybridized carbons (Fsp3) is 0.500. The highest BCUT2D eigenvalue weighted by Crippen LogP contribution is 2.66. The summed E-state index contributed by atoms with van der Waals surface area (Å²) >= 11 is 0. The lowest BCUT2D eigenvalue weighted by Gasteiger charge is -2.35. The van der Waals surface area contributed by atoms with Crippen LogP contribution in [0.25, 0.3) is 0 Å². The van der Waals surface area contributed by atoms with Gasteiger partial charge in [-0.1, -0.05) is 30.3 Å². The molecule has 0 unspecified atom stereocenters. The van der Waals surface area contributed by atoms with Crippen LogP contribution in [-0.4, -0.2) is 34.8 Å². The molecule has 0 radical (unpaired) electrons. The predicted octanol–water partition coefficient (Wildman–Crippen LogP) is 3.91. The zero-order valence-electron chi connectivity index (χ0n) is 10.7. The van der Waals surface area contributed by atoms with Crippen molar-refractivity contribution >= 4 is 0 Å². The van der Waals surface area contributed by atoms with Crippen LogP contribution in [0, 0.1) is 0 Å². The molecule has 1 saturated heterocycles. The van der Waals surface area contributed by atoms with E-state index in [-0.39, 0.29) is 0 Å². The Balaban J connectivity index is 2.54. The maximum absolute atomic E-state index is 14.0. The molecule has 1 fully saturated rings. The van der Waals surface area contributed by atoms with Gasteiger partial charge in [-0.15, -0.1) is 0 Å². The highest BCUT2D eigenvalue weighted by molar-refractivity contribution is 5.23. The van der Waals surface area contributed by atoms with E-state index in [0.29, 0.717) is 0 Å². The number of ether oxygens (including phenoxy) is 1. The number of benzene rings is 1. The molecule has 1 aromatic carbocycles. The van der Waals surface area contributed by atoms with Gasteiger partial charge in [0.15, 0.2) is 0 Å². The molecular formula is C12H7F9O2. The van der Waals surface area contributed by atoms with Crippen molar-refractivity contribution in [3.8, 4) is 0 Å². The fourth-order valence-corrected chi connectivity index (χ4v) is 1.99. The van der Waals surface area contributed by atoms with Crippen molar-refractivity contribution in [1.82, 2.24) is 0 Å². The molecule has 0 aliphatic carbocycles. The van der Waals surface area contributed by atoms with Gasteiger partial charge in [-0.25, -0.2) is 0 Å². The molecule has 2 atom stereocenters. The minimum atomic E-state index is -6.61. The topological polar surface area (TPSA) is 29.5 Å². The molecule has 1 heterocycles. The molecule has 1 aliphatic heterocycles. The van der Waals surface area contributed by atoms with Gasteiger partial charge in [-0.05, 0) is 5.56 Å². The van der Waals surface area contributed by atoms with Crippen LogP contribution in [0.4, 0.5) is 39.5 Å². The second kappa shape index (κ2) is 4.76. The number of hydrogen-bond donors (Lipinski definition) is 1. The van der Waals surface area contributed by atoms with Gasteiger partial charge in [-0.3, -0.25) is 4.74 Å². The third-order valence-electron chi connectivity index (χ3n) is 3.32. The number of alkyl halides is 9. The lowest BCUT2D eigenvalue weighted by Crippen LogP contribution is -2.61. The summed E-state index contributed by atoms with van der Waals surface area (Å²) in [5.41, 5.74) is -0.868. The molecule has 0 bridgehead atoms. The third kappa shape index (κ3) is 2.05. The Morgan fingerprint density at radius 3 is 1.74 bits per heavy atom. The van der Waals surface area contributed by atoms with Crippen LogP contribution >= 0.6 is 0 Å². The molecule has 1 N–H and O–H groups in total. The van der Waals surface area contributed by atoms with Gasteiger partial charge >= 0.3 is 29.7 Å². The summed E-state index contributed by atoms with van der Waals surface area (Å²) < 4.78 is 122. The van der Waals surface area contributed by atoms with E-state index in [2.05, 4.69) is 4.74 Å². The fourth-order valence-electron chi connectivity index (χ4n) is 1.99. The number of aliphatic hydroxyl groups excluding tert-OH is 1. The average Bonchev–Trinajstić information content (AvgIpc) is 2.55. The normalized spacial score (nSPS) is 30.2.